The van der Waals surface area contributed by atoms with Crippen molar-refractivity contribution in [3.63, 3.8) is 0 Å². The number of benzene rings is 1. The van der Waals surface area contributed by atoms with Gasteiger partial charge in [-0.2, -0.15) is 5.26 Å². The molecule has 2 rings (SSSR count). The molecule has 0 aliphatic carbocycles. The third-order valence-electron chi connectivity index (χ3n) is 3.42. The van der Waals surface area contributed by atoms with Gasteiger partial charge in [0, 0.05) is 25.0 Å². The highest BCUT2D eigenvalue weighted by molar-refractivity contribution is 5.90. The Morgan fingerprint density at radius 2 is 2.08 bits per heavy atom. The molecule has 0 atom stereocenters. The highest BCUT2D eigenvalue weighted by Crippen LogP contribution is 2.14. The minimum atomic E-state index is -0.722. The van der Waals surface area contributed by atoms with Crippen LogP contribution in [0.1, 0.15) is 18.1 Å². The number of carbonyl (C=O) groups excluding carboxylic acids is 1. The number of carbonyl (C=O) groups is 1. The number of hydrogen-bond donors (Lipinski definition) is 3. The molecular weight excluding hydrogens is 310 g/mol. The van der Waals surface area contributed by atoms with Gasteiger partial charge in [-0.3, -0.25) is 14.3 Å². The van der Waals surface area contributed by atoms with Crippen LogP contribution in [0.4, 0.5) is 10.5 Å². The predicted molar refractivity (Wildman–Crippen MR) is 88.9 cm³/mol. The molecule has 0 radical (unpaired) electrons. The molecule has 124 valence electrons. The van der Waals surface area contributed by atoms with Gasteiger partial charge in [0.2, 0.25) is 0 Å². The molecule has 0 bridgehead atoms. The van der Waals surface area contributed by atoms with Crippen LogP contribution in [0.5, 0.6) is 0 Å². The number of aryl methyl sites for hydroxylation is 1. The highest BCUT2D eigenvalue weighted by Gasteiger charge is 2.06. The van der Waals surface area contributed by atoms with Crippen LogP contribution in [0.2, 0.25) is 0 Å². The number of amides is 2. The molecule has 0 unspecified atom stereocenters. The van der Waals surface area contributed by atoms with E-state index < -0.39 is 17.3 Å². The van der Waals surface area contributed by atoms with Crippen LogP contribution >= 0.6 is 0 Å². The fourth-order valence-electron chi connectivity index (χ4n) is 2.16. The van der Waals surface area contributed by atoms with Gasteiger partial charge in [-0.25, -0.2) is 9.59 Å². The first kappa shape index (κ1) is 17.0. The maximum Gasteiger partial charge on any atom is 0.328 e. The Balaban J connectivity index is 1.95. The van der Waals surface area contributed by atoms with Crippen LogP contribution in [0, 0.1) is 11.3 Å². The van der Waals surface area contributed by atoms with Gasteiger partial charge in [0.05, 0.1) is 0 Å². The van der Waals surface area contributed by atoms with Crippen molar-refractivity contribution in [3.8, 4) is 6.07 Å². The van der Waals surface area contributed by atoms with E-state index in [0.29, 0.717) is 0 Å². The lowest BCUT2D eigenvalue weighted by Gasteiger charge is -2.11. The van der Waals surface area contributed by atoms with Gasteiger partial charge in [-0.1, -0.05) is 25.1 Å². The number of para-hydroxylation sites is 1. The quantitative estimate of drug-likeness (QED) is 0.752. The largest absolute Gasteiger partial charge is 0.336 e. The number of anilines is 1. The van der Waals surface area contributed by atoms with E-state index >= 15 is 0 Å². The first-order valence-electron chi connectivity index (χ1n) is 7.41. The molecule has 1 aromatic carbocycles. The van der Waals surface area contributed by atoms with E-state index in [-0.39, 0.29) is 18.7 Å². The second-order valence-electron chi connectivity index (χ2n) is 5.00. The van der Waals surface area contributed by atoms with Crippen LogP contribution in [0.25, 0.3) is 0 Å². The third-order valence-corrected chi connectivity index (χ3v) is 3.42. The zero-order chi connectivity index (χ0) is 17.5. The fraction of sp³-hybridized carbons (Fsp3) is 0.250. The van der Waals surface area contributed by atoms with Gasteiger partial charge in [0.15, 0.2) is 0 Å². The Bertz CT molecular complexity index is 892. The molecule has 0 aliphatic heterocycles. The third kappa shape index (κ3) is 4.10. The number of nitrogens with zero attached hydrogens (tertiary/aromatic N) is 2. The van der Waals surface area contributed by atoms with Gasteiger partial charge in [-0.15, -0.1) is 0 Å². The number of urea groups is 1. The van der Waals surface area contributed by atoms with E-state index in [0.717, 1.165) is 17.7 Å². The van der Waals surface area contributed by atoms with Crippen molar-refractivity contribution in [1.29, 1.82) is 5.26 Å². The lowest BCUT2D eigenvalue weighted by molar-refractivity contribution is 0.251. The molecule has 0 spiro atoms. The summed E-state index contributed by atoms with van der Waals surface area (Å²) in [4.78, 5) is 36.9. The van der Waals surface area contributed by atoms with E-state index in [9.17, 15) is 14.4 Å². The summed E-state index contributed by atoms with van der Waals surface area (Å²) in [6.07, 6.45) is 1.97. The molecule has 1 heterocycles. The summed E-state index contributed by atoms with van der Waals surface area (Å²) < 4.78 is 1.17. The first-order valence-corrected chi connectivity index (χ1v) is 7.41. The maximum atomic E-state index is 11.9. The summed E-state index contributed by atoms with van der Waals surface area (Å²) in [5.41, 5.74) is 0.239. The Morgan fingerprint density at radius 1 is 1.33 bits per heavy atom. The molecular formula is C16H17N5O3. The lowest BCUT2D eigenvalue weighted by atomic mass is 10.1. The molecule has 2 amide bonds. The monoisotopic (exact) mass is 327 g/mol. The molecule has 0 saturated heterocycles. The zero-order valence-electron chi connectivity index (χ0n) is 13.1. The number of hydrogen-bond acceptors (Lipinski definition) is 4. The second kappa shape index (κ2) is 7.78. The average Bonchev–Trinajstić information content (AvgIpc) is 2.57. The van der Waals surface area contributed by atoms with Crippen molar-refractivity contribution in [2.45, 2.75) is 19.9 Å². The highest BCUT2D eigenvalue weighted by atomic mass is 16.2. The van der Waals surface area contributed by atoms with E-state index in [4.69, 9.17) is 5.26 Å². The summed E-state index contributed by atoms with van der Waals surface area (Å²) in [6, 6.07) is 8.78. The molecule has 3 N–H and O–H groups in total. The Labute approximate surface area is 137 Å². The number of H-pyrrole nitrogens is 1. The van der Waals surface area contributed by atoms with Crippen LogP contribution in [0.15, 0.2) is 40.1 Å². The topological polar surface area (TPSA) is 120 Å². The summed E-state index contributed by atoms with van der Waals surface area (Å²) >= 11 is 0. The van der Waals surface area contributed by atoms with Crippen molar-refractivity contribution in [1.82, 2.24) is 14.9 Å². The summed E-state index contributed by atoms with van der Waals surface area (Å²) in [6.45, 7) is 2.29. The van der Waals surface area contributed by atoms with Crippen molar-refractivity contribution in [2.24, 2.45) is 0 Å². The Kier molecular flexibility index (Phi) is 5.52. The van der Waals surface area contributed by atoms with E-state index in [1.807, 2.05) is 31.2 Å². The molecule has 0 aliphatic rings. The number of nitrogens with one attached hydrogen (secondary N) is 3. The minimum Gasteiger partial charge on any atom is -0.336 e. The van der Waals surface area contributed by atoms with E-state index in [1.54, 1.807) is 6.07 Å². The molecule has 0 saturated carbocycles. The van der Waals surface area contributed by atoms with Crippen LogP contribution in [0.3, 0.4) is 0 Å². The summed E-state index contributed by atoms with van der Waals surface area (Å²) in [7, 11) is 0. The van der Waals surface area contributed by atoms with Crippen LogP contribution in [-0.4, -0.2) is 22.1 Å². The molecule has 8 nitrogen and oxygen atoms in total. The normalized spacial score (nSPS) is 10.0. The van der Waals surface area contributed by atoms with Crippen molar-refractivity contribution in [2.75, 3.05) is 11.9 Å². The predicted octanol–water partition coefficient (Wildman–Crippen LogP) is 0.792. The maximum absolute atomic E-state index is 11.9. The first-order chi connectivity index (χ1) is 11.5. The molecule has 8 heteroatoms. The number of rotatable bonds is 5. The lowest BCUT2D eigenvalue weighted by Crippen LogP contribution is -2.36. The molecule has 1 aromatic heterocycles. The average molecular weight is 327 g/mol. The second-order valence-corrected chi connectivity index (χ2v) is 5.00. The zero-order valence-corrected chi connectivity index (χ0v) is 13.1. The van der Waals surface area contributed by atoms with Crippen LogP contribution < -0.4 is 21.9 Å². The summed E-state index contributed by atoms with van der Waals surface area (Å²) in [5.74, 6) is 0. The standard InChI is InChI=1S/C16H17N5O3/c1-2-11-5-3-4-6-13(11)19-15(23)18-7-8-21-10-12(9-17)14(22)20-16(21)24/h3-6,10H,2,7-8H2,1H3,(H2,18,19,23)(H,20,22,24). The number of nitriles is 1. The van der Waals surface area contributed by atoms with Gasteiger partial charge < -0.3 is 10.6 Å². The van der Waals surface area contributed by atoms with E-state index in [2.05, 4.69) is 15.6 Å². The number of aromatic amines is 1. The van der Waals surface area contributed by atoms with Gasteiger partial charge in [0.25, 0.3) is 5.56 Å². The molecule has 24 heavy (non-hydrogen) atoms. The molecule has 0 fully saturated rings. The van der Waals surface area contributed by atoms with Crippen molar-refractivity contribution < 1.29 is 4.79 Å². The number of aromatic nitrogens is 2. The Morgan fingerprint density at radius 3 is 2.79 bits per heavy atom. The summed E-state index contributed by atoms with van der Waals surface area (Å²) in [5, 5.41) is 14.2. The fourth-order valence-corrected chi connectivity index (χ4v) is 2.16. The van der Waals surface area contributed by atoms with Crippen molar-refractivity contribution >= 4 is 11.7 Å². The Hall–Kier alpha value is -3.34. The smallest absolute Gasteiger partial charge is 0.328 e. The minimum absolute atomic E-state index is 0.132. The SMILES string of the molecule is CCc1ccccc1NC(=O)NCCn1cc(C#N)c(=O)[nH]c1=O. The van der Waals surface area contributed by atoms with Gasteiger partial charge >= 0.3 is 11.7 Å². The van der Waals surface area contributed by atoms with Crippen LogP contribution in [-0.2, 0) is 13.0 Å². The van der Waals surface area contributed by atoms with Crippen molar-refractivity contribution in [3.05, 3.63) is 62.4 Å². The van der Waals surface area contributed by atoms with Gasteiger partial charge in [-0.05, 0) is 18.1 Å². The molecule has 2 aromatic rings. The van der Waals surface area contributed by atoms with E-state index in [1.165, 1.54) is 10.8 Å². The van der Waals surface area contributed by atoms with Gasteiger partial charge in [0.1, 0.15) is 11.6 Å².